The number of aromatic nitrogens is 4. The number of amides is 1. The first-order valence-corrected chi connectivity index (χ1v) is 8.88. The lowest BCUT2D eigenvalue weighted by Crippen LogP contribution is -2.33. The minimum Gasteiger partial charge on any atom is -0.347 e. The van der Waals surface area contributed by atoms with Crippen LogP contribution in [0.1, 0.15) is 30.0 Å². The zero-order chi connectivity index (χ0) is 17.9. The van der Waals surface area contributed by atoms with Gasteiger partial charge in [0.2, 0.25) is 11.7 Å². The maximum absolute atomic E-state index is 12.5. The number of aryl methyl sites for hydroxylation is 1. The SMILES string of the molecule is Cc1ccc([C@@H](NC(=O)Cn2nnc(-c3ccccc3)n2)C2CC2)cc1. The van der Waals surface area contributed by atoms with Crippen molar-refractivity contribution in [1.29, 1.82) is 0 Å². The molecule has 132 valence electrons. The van der Waals surface area contributed by atoms with Crippen LogP contribution in [0, 0.1) is 12.8 Å². The van der Waals surface area contributed by atoms with Gasteiger partial charge in [0.05, 0.1) is 6.04 Å². The molecule has 0 spiro atoms. The minimum atomic E-state index is -0.0977. The van der Waals surface area contributed by atoms with Gasteiger partial charge in [-0.2, -0.15) is 4.80 Å². The van der Waals surface area contributed by atoms with E-state index in [0.717, 1.165) is 24.0 Å². The Morgan fingerprint density at radius 3 is 2.58 bits per heavy atom. The average molecular weight is 347 g/mol. The first kappa shape index (κ1) is 16.4. The Morgan fingerprint density at radius 1 is 1.15 bits per heavy atom. The summed E-state index contributed by atoms with van der Waals surface area (Å²) in [5.41, 5.74) is 3.26. The van der Waals surface area contributed by atoms with E-state index in [-0.39, 0.29) is 18.5 Å². The Kier molecular flexibility index (Phi) is 4.48. The lowest BCUT2D eigenvalue weighted by atomic mass is 10.0. The highest BCUT2D eigenvalue weighted by Crippen LogP contribution is 2.41. The molecule has 0 radical (unpaired) electrons. The number of hydrogen-bond acceptors (Lipinski definition) is 4. The van der Waals surface area contributed by atoms with E-state index in [4.69, 9.17) is 0 Å². The second-order valence-electron chi connectivity index (χ2n) is 6.80. The second kappa shape index (κ2) is 7.07. The molecule has 26 heavy (non-hydrogen) atoms. The molecule has 6 nitrogen and oxygen atoms in total. The number of nitrogens with zero attached hydrogens (tertiary/aromatic N) is 4. The molecule has 1 N–H and O–H groups in total. The fourth-order valence-electron chi connectivity index (χ4n) is 3.04. The van der Waals surface area contributed by atoms with Crippen molar-refractivity contribution < 1.29 is 4.79 Å². The summed E-state index contributed by atoms with van der Waals surface area (Å²) in [6.45, 7) is 2.13. The fourth-order valence-corrected chi connectivity index (χ4v) is 3.04. The molecule has 0 aliphatic heterocycles. The summed E-state index contributed by atoms with van der Waals surface area (Å²) in [6, 6.07) is 18.0. The molecule has 1 amide bonds. The summed E-state index contributed by atoms with van der Waals surface area (Å²) in [5.74, 6) is 0.945. The maximum atomic E-state index is 12.5. The number of nitrogens with one attached hydrogen (secondary N) is 1. The number of rotatable bonds is 6. The van der Waals surface area contributed by atoms with Crippen molar-refractivity contribution in [3.05, 3.63) is 65.7 Å². The molecule has 0 saturated heterocycles. The highest BCUT2D eigenvalue weighted by molar-refractivity contribution is 5.76. The lowest BCUT2D eigenvalue weighted by molar-refractivity contribution is -0.123. The van der Waals surface area contributed by atoms with Gasteiger partial charge in [0.1, 0.15) is 6.54 Å². The standard InChI is InChI=1S/C20H21N5O/c1-14-7-9-15(10-8-14)19(16-11-12-16)21-18(26)13-25-23-20(22-24-25)17-5-3-2-4-6-17/h2-10,16,19H,11-13H2,1H3,(H,21,26)/t19-/m1/s1. The van der Waals surface area contributed by atoms with Gasteiger partial charge in [-0.15, -0.1) is 10.2 Å². The molecule has 6 heteroatoms. The van der Waals surface area contributed by atoms with E-state index in [1.807, 2.05) is 30.3 Å². The van der Waals surface area contributed by atoms with E-state index in [9.17, 15) is 4.79 Å². The number of tetrazole rings is 1. The molecular formula is C20H21N5O. The van der Waals surface area contributed by atoms with Crippen LogP contribution in [0.15, 0.2) is 54.6 Å². The average Bonchev–Trinajstić information content (AvgIpc) is 3.40. The van der Waals surface area contributed by atoms with Crippen LogP contribution in [0.2, 0.25) is 0 Å². The summed E-state index contributed by atoms with van der Waals surface area (Å²) < 4.78 is 0. The van der Waals surface area contributed by atoms with Gasteiger partial charge in [0, 0.05) is 5.56 Å². The zero-order valence-electron chi connectivity index (χ0n) is 14.7. The zero-order valence-corrected chi connectivity index (χ0v) is 14.7. The first-order valence-electron chi connectivity index (χ1n) is 8.88. The summed E-state index contributed by atoms with van der Waals surface area (Å²) in [6.07, 6.45) is 2.30. The molecule has 2 aromatic carbocycles. The van der Waals surface area contributed by atoms with Gasteiger partial charge in [-0.1, -0.05) is 60.2 Å². The van der Waals surface area contributed by atoms with Crippen LogP contribution in [-0.4, -0.2) is 26.1 Å². The second-order valence-corrected chi connectivity index (χ2v) is 6.80. The van der Waals surface area contributed by atoms with E-state index in [1.165, 1.54) is 10.4 Å². The van der Waals surface area contributed by atoms with Crippen LogP contribution in [0.25, 0.3) is 11.4 Å². The predicted molar refractivity (Wildman–Crippen MR) is 98.0 cm³/mol. The molecule has 1 heterocycles. The summed E-state index contributed by atoms with van der Waals surface area (Å²) in [7, 11) is 0. The normalized spacial score (nSPS) is 14.8. The molecule has 3 aromatic rings. The van der Waals surface area contributed by atoms with Crippen molar-refractivity contribution in [3.63, 3.8) is 0 Å². The summed E-state index contributed by atoms with van der Waals surface area (Å²) in [5, 5.41) is 15.5. The van der Waals surface area contributed by atoms with E-state index in [0.29, 0.717) is 11.7 Å². The fraction of sp³-hybridized carbons (Fsp3) is 0.300. The Morgan fingerprint density at radius 2 is 1.88 bits per heavy atom. The van der Waals surface area contributed by atoms with Crippen molar-refractivity contribution in [3.8, 4) is 11.4 Å². The largest absolute Gasteiger partial charge is 0.347 e. The molecule has 1 fully saturated rings. The minimum absolute atomic E-state index is 0.0558. The molecular weight excluding hydrogens is 326 g/mol. The van der Waals surface area contributed by atoms with E-state index >= 15 is 0 Å². The quantitative estimate of drug-likeness (QED) is 0.744. The van der Waals surface area contributed by atoms with Crippen LogP contribution < -0.4 is 5.32 Å². The Labute approximate surface area is 152 Å². The number of carbonyl (C=O) groups excluding carboxylic acids is 1. The number of hydrogen-bond donors (Lipinski definition) is 1. The van der Waals surface area contributed by atoms with Gasteiger partial charge in [-0.05, 0) is 36.5 Å². The Balaban J connectivity index is 1.43. The predicted octanol–water partition coefficient (Wildman–Crippen LogP) is 2.92. The Bertz CT molecular complexity index is 884. The van der Waals surface area contributed by atoms with Crippen LogP contribution >= 0.6 is 0 Å². The third-order valence-corrected chi connectivity index (χ3v) is 4.62. The van der Waals surface area contributed by atoms with Crippen molar-refractivity contribution in [1.82, 2.24) is 25.5 Å². The third kappa shape index (κ3) is 3.79. The van der Waals surface area contributed by atoms with Gasteiger partial charge in [-0.25, -0.2) is 0 Å². The summed E-state index contributed by atoms with van der Waals surface area (Å²) in [4.78, 5) is 13.8. The van der Waals surface area contributed by atoms with Crippen LogP contribution in [0.5, 0.6) is 0 Å². The van der Waals surface area contributed by atoms with Gasteiger partial charge in [0.25, 0.3) is 0 Å². The van der Waals surface area contributed by atoms with Gasteiger partial charge in [0.15, 0.2) is 0 Å². The van der Waals surface area contributed by atoms with Crippen molar-refractivity contribution in [2.24, 2.45) is 5.92 Å². The number of carbonyl (C=O) groups is 1. The van der Waals surface area contributed by atoms with E-state index in [1.54, 1.807) is 0 Å². The highest BCUT2D eigenvalue weighted by Gasteiger charge is 2.33. The van der Waals surface area contributed by atoms with Gasteiger partial charge >= 0.3 is 0 Å². The van der Waals surface area contributed by atoms with Gasteiger partial charge < -0.3 is 5.32 Å². The van der Waals surface area contributed by atoms with Crippen LogP contribution in [0.3, 0.4) is 0 Å². The molecule has 0 unspecified atom stereocenters. The molecule has 1 aliphatic carbocycles. The van der Waals surface area contributed by atoms with E-state index in [2.05, 4.69) is 51.9 Å². The Hall–Kier alpha value is -3.02. The van der Waals surface area contributed by atoms with Crippen LogP contribution in [0.4, 0.5) is 0 Å². The highest BCUT2D eigenvalue weighted by atomic mass is 16.2. The van der Waals surface area contributed by atoms with Crippen molar-refractivity contribution in [2.75, 3.05) is 0 Å². The van der Waals surface area contributed by atoms with Crippen molar-refractivity contribution in [2.45, 2.75) is 32.4 Å². The molecule has 0 bridgehead atoms. The molecule has 4 rings (SSSR count). The monoisotopic (exact) mass is 347 g/mol. The first-order chi connectivity index (χ1) is 12.7. The maximum Gasteiger partial charge on any atom is 0.244 e. The molecule has 1 atom stereocenters. The summed E-state index contributed by atoms with van der Waals surface area (Å²) >= 11 is 0. The molecule has 1 saturated carbocycles. The smallest absolute Gasteiger partial charge is 0.244 e. The van der Waals surface area contributed by atoms with Gasteiger partial charge in [-0.3, -0.25) is 4.79 Å². The van der Waals surface area contributed by atoms with Crippen molar-refractivity contribution >= 4 is 5.91 Å². The number of benzene rings is 2. The van der Waals surface area contributed by atoms with Crippen LogP contribution in [-0.2, 0) is 11.3 Å². The van der Waals surface area contributed by atoms with E-state index < -0.39 is 0 Å². The molecule has 1 aromatic heterocycles. The topological polar surface area (TPSA) is 72.7 Å². The third-order valence-electron chi connectivity index (χ3n) is 4.62. The molecule has 1 aliphatic rings. The lowest BCUT2D eigenvalue weighted by Gasteiger charge is -2.18.